The summed E-state index contributed by atoms with van der Waals surface area (Å²) in [6, 6.07) is 9.70. The smallest absolute Gasteiger partial charge is 0.324 e. The van der Waals surface area contributed by atoms with Gasteiger partial charge in [0.15, 0.2) is 10.8 Å². The highest BCUT2D eigenvalue weighted by molar-refractivity contribution is 7.17. The summed E-state index contributed by atoms with van der Waals surface area (Å²) in [6.45, 7) is 14.2. The quantitative estimate of drug-likeness (QED) is 0.251. The first-order chi connectivity index (χ1) is 22.2. The van der Waals surface area contributed by atoms with Gasteiger partial charge in [0.05, 0.1) is 30.8 Å². The lowest BCUT2D eigenvalue weighted by Crippen LogP contribution is -2.48. The summed E-state index contributed by atoms with van der Waals surface area (Å²) in [6.07, 6.45) is 8.37. The zero-order valence-corrected chi connectivity index (χ0v) is 27.8. The van der Waals surface area contributed by atoms with Crippen molar-refractivity contribution in [1.82, 2.24) is 24.3 Å². The molecule has 0 unspecified atom stereocenters. The maximum atomic E-state index is 12.5. The van der Waals surface area contributed by atoms with Gasteiger partial charge in [-0.25, -0.2) is 14.8 Å². The number of aromatic nitrogens is 3. The Kier molecular flexibility index (Phi) is 8.43. The van der Waals surface area contributed by atoms with Crippen molar-refractivity contribution >= 4 is 40.0 Å². The molecule has 2 amide bonds. The summed E-state index contributed by atoms with van der Waals surface area (Å²) in [5.74, 6) is 2.24. The van der Waals surface area contributed by atoms with E-state index in [0.717, 1.165) is 80.0 Å². The van der Waals surface area contributed by atoms with Crippen LogP contribution in [0, 0.1) is 0 Å². The number of carbonyl (C=O) groups excluding carboxylic acids is 1. The van der Waals surface area contributed by atoms with Crippen LogP contribution in [0.2, 0.25) is 0 Å². The predicted octanol–water partition coefficient (Wildman–Crippen LogP) is 6.39. The fourth-order valence-corrected chi connectivity index (χ4v) is 7.57. The van der Waals surface area contributed by atoms with Gasteiger partial charge in [-0.05, 0) is 37.0 Å². The van der Waals surface area contributed by atoms with Crippen molar-refractivity contribution in [1.29, 1.82) is 0 Å². The molecule has 4 aromatic rings. The van der Waals surface area contributed by atoms with Gasteiger partial charge in [-0.15, -0.1) is 11.3 Å². The van der Waals surface area contributed by atoms with E-state index < -0.39 is 0 Å². The van der Waals surface area contributed by atoms with Gasteiger partial charge in [0.25, 0.3) is 0 Å². The van der Waals surface area contributed by atoms with Gasteiger partial charge < -0.3 is 19.5 Å². The summed E-state index contributed by atoms with van der Waals surface area (Å²) in [4.78, 5) is 30.0. The molecule has 7 rings (SSSR count). The number of urea groups is 1. The third kappa shape index (κ3) is 6.33. The molecule has 46 heavy (non-hydrogen) atoms. The molecule has 3 aliphatic heterocycles. The number of nitrogens with one attached hydrogen (secondary N) is 2. The van der Waals surface area contributed by atoms with Crippen molar-refractivity contribution in [3.63, 3.8) is 0 Å². The van der Waals surface area contributed by atoms with E-state index in [2.05, 4.69) is 43.1 Å². The number of allylic oxidation sites excluding steroid dienone is 1. The molecule has 0 saturated carbocycles. The number of imidazole rings is 1. The highest BCUT2D eigenvalue weighted by Crippen LogP contribution is 2.34. The van der Waals surface area contributed by atoms with Crippen LogP contribution in [0.4, 0.5) is 16.3 Å². The number of anilines is 2. The SMILES string of the molecule is CCC1=C(N2CCC(N3CCOCC3)CC2)N=Cc2c(sc3nc(-c4ccc(NC(=O)Nc5cc(C(C)(C)C)on5)cc4)cn23)C1. The van der Waals surface area contributed by atoms with Crippen LogP contribution in [-0.2, 0) is 16.6 Å². The number of benzene rings is 1. The molecule has 0 bridgehead atoms. The molecule has 2 fully saturated rings. The first-order valence-corrected chi connectivity index (χ1v) is 17.1. The lowest BCUT2D eigenvalue weighted by molar-refractivity contribution is 0.00327. The van der Waals surface area contributed by atoms with Gasteiger partial charge in [0.1, 0.15) is 11.6 Å². The van der Waals surface area contributed by atoms with Gasteiger partial charge in [0.2, 0.25) is 0 Å². The minimum Gasteiger partial charge on any atom is -0.379 e. The second-order valence-electron chi connectivity index (χ2n) is 13.3. The molecule has 3 aliphatic rings. The van der Waals surface area contributed by atoms with Crippen LogP contribution in [-0.4, -0.2) is 82.0 Å². The third-order valence-corrected chi connectivity index (χ3v) is 10.2. The molecule has 0 aliphatic carbocycles. The summed E-state index contributed by atoms with van der Waals surface area (Å²) < 4.78 is 13.1. The number of rotatable bonds is 6. The van der Waals surface area contributed by atoms with E-state index in [1.807, 2.05) is 51.3 Å². The largest absolute Gasteiger partial charge is 0.379 e. The average molecular weight is 643 g/mol. The van der Waals surface area contributed by atoms with Crippen molar-refractivity contribution < 1.29 is 14.1 Å². The van der Waals surface area contributed by atoms with Crippen molar-refractivity contribution in [3.8, 4) is 11.3 Å². The van der Waals surface area contributed by atoms with Gasteiger partial charge in [-0.2, -0.15) is 0 Å². The Labute approximate surface area is 273 Å². The molecule has 0 radical (unpaired) electrons. The lowest BCUT2D eigenvalue weighted by Gasteiger charge is -2.41. The Hall–Kier alpha value is -4.00. The lowest BCUT2D eigenvalue weighted by atomic mass is 9.93. The van der Waals surface area contributed by atoms with Crippen LogP contribution in [0.15, 0.2) is 57.4 Å². The minimum absolute atomic E-state index is 0.189. The number of hydrogen-bond acceptors (Lipinski definition) is 9. The number of hydrogen-bond donors (Lipinski definition) is 2. The Morgan fingerprint density at radius 2 is 1.83 bits per heavy atom. The zero-order valence-electron chi connectivity index (χ0n) is 27.0. The molecule has 1 aromatic carbocycles. The monoisotopic (exact) mass is 642 g/mol. The van der Waals surface area contributed by atoms with E-state index >= 15 is 0 Å². The van der Waals surface area contributed by atoms with Crippen LogP contribution in [0.3, 0.4) is 0 Å². The molecule has 2 N–H and O–H groups in total. The maximum absolute atomic E-state index is 12.5. The number of likely N-dealkylation sites (tertiary alicyclic amines) is 1. The van der Waals surface area contributed by atoms with Gasteiger partial charge in [-0.3, -0.25) is 14.6 Å². The van der Waals surface area contributed by atoms with Crippen molar-refractivity contribution in [2.24, 2.45) is 4.99 Å². The summed E-state index contributed by atoms with van der Waals surface area (Å²) in [5, 5.41) is 9.54. The molecule has 11 nitrogen and oxygen atoms in total. The molecule has 6 heterocycles. The van der Waals surface area contributed by atoms with E-state index in [-0.39, 0.29) is 11.4 Å². The summed E-state index contributed by atoms with van der Waals surface area (Å²) in [7, 11) is 0. The fourth-order valence-electron chi connectivity index (χ4n) is 6.46. The van der Waals surface area contributed by atoms with Crippen LogP contribution >= 0.6 is 11.3 Å². The van der Waals surface area contributed by atoms with Gasteiger partial charge >= 0.3 is 6.03 Å². The number of nitrogens with zero attached hydrogens (tertiary/aromatic N) is 6. The summed E-state index contributed by atoms with van der Waals surface area (Å²) in [5.41, 5.74) is 4.85. The van der Waals surface area contributed by atoms with Gasteiger partial charge in [0, 0.05) is 72.4 Å². The fraction of sp³-hybridized carbons (Fsp3) is 0.471. The number of ether oxygens (including phenoxy) is 1. The van der Waals surface area contributed by atoms with Crippen LogP contribution in [0.25, 0.3) is 16.2 Å². The average Bonchev–Trinajstić information content (AvgIpc) is 3.74. The predicted molar refractivity (Wildman–Crippen MR) is 182 cm³/mol. The molecule has 2 saturated heterocycles. The Morgan fingerprint density at radius 1 is 1.07 bits per heavy atom. The number of piperidine rings is 1. The minimum atomic E-state index is -0.383. The molecule has 12 heteroatoms. The molecule has 0 atom stereocenters. The number of amides is 2. The number of morpholine rings is 1. The van der Waals surface area contributed by atoms with E-state index in [9.17, 15) is 4.79 Å². The molecule has 242 valence electrons. The van der Waals surface area contributed by atoms with Crippen molar-refractivity contribution in [3.05, 3.63) is 64.3 Å². The van der Waals surface area contributed by atoms with E-state index in [1.165, 1.54) is 23.3 Å². The molecular formula is C34H42N8O3S. The number of aliphatic imine (C=N–C) groups is 1. The zero-order chi connectivity index (χ0) is 31.8. The normalized spacial score (nSPS) is 18.2. The van der Waals surface area contributed by atoms with Crippen molar-refractivity contribution in [2.75, 3.05) is 50.0 Å². The van der Waals surface area contributed by atoms with Gasteiger partial charge in [-0.1, -0.05) is 45.0 Å². The summed E-state index contributed by atoms with van der Waals surface area (Å²) >= 11 is 1.74. The molecular weight excluding hydrogens is 600 g/mol. The highest BCUT2D eigenvalue weighted by atomic mass is 32.1. The Morgan fingerprint density at radius 3 is 2.52 bits per heavy atom. The van der Waals surface area contributed by atoms with Crippen LogP contribution in [0.5, 0.6) is 0 Å². The second kappa shape index (κ2) is 12.7. The van der Waals surface area contributed by atoms with E-state index in [0.29, 0.717) is 23.3 Å². The number of thiazole rings is 1. The Balaban J connectivity index is 1.01. The second-order valence-corrected chi connectivity index (χ2v) is 14.3. The van der Waals surface area contributed by atoms with E-state index in [4.69, 9.17) is 19.2 Å². The molecule has 3 aromatic heterocycles. The number of carbonyl (C=O) groups is 1. The third-order valence-electron chi connectivity index (χ3n) is 9.11. The van der Waals surface area contributed by atoms with Crippen LogP contribution < -0.4 is 10.6 Å². The van der Waals surface area contributed by atoms with E-state index in [1.54, 1.807) is 17.4 Å². The first-order valence-electron chi connectivity index (χ1n) is 16.2. The topological polar surface area (TPSA) is 113 Å². The van der Waals surface area contributed by atoms with Crippen molar-refractivity contribution in [2.45, 2.75) is 64.8 Å². The highest BCUT2D eigenvalue weighted by Gasteiger charge is 2.29. The van der Waals surface area contributed by atoms with Crippen LogP contribution in [0.1, 0.15) is 63.3 Å². The standard InChI is InChI=1S/C34H42N8O3S/c1-5-22-18-28-27(20-35-31(22)41-12-10-25(11-13-41)40-14-16-44-17-15-40)42-21-26(37-33(42)46-28)23-6-8-24(9-7-23)36-32(43)38-30-19-29(45-39-30)34(2,3)4/h6-9,19-21,25H,5,10-18H2,1-4H3,(H2,36,38,39,43). The number of fused-ring (bicyclic) bond motifs is 3. The Bertz CT molecular complexity index is 1760. The first kappa shape index (κ1) is 30.6. The molecule has 0 spiro atoms. The maximum Gasteiger partial charge on any atom is 0.324 e.